The summed E-state index contributed by atoms with van der Waals surface area (Å²) in [6, 6.07) is 3.90. The molecule has 0 saturated carbocycles. The lowest BCUT2D eigenvalue weighted by molar-refractivity contribution is 0.344. The van der Waals surface area contributed by atoms with Crippen molar-refractivity contribution in [3.8, 4) is 5.75 Å². The molecule has 6 heteroatoms. The zero-order chi connectivity index (χ0) is 12.3. The molecular formula is C10H10BF4O-. The molecule has 0 radical (unpaired) electrons. The monoisotopic (exact) mass is 233 g/mol. The first-order valence-corrected chi connectivity index (χ1v) is 4.57. The lowest BCUT2D eigenvalue weighted by Crippen LogP contribution is -2.23. The van der Waals surface area contributed by atoms with Crippen LogP contribution in [-0.4, -0.2) is 13.6 Å². The fourth-order valence-corrected chi connectivity index (χ4v) is 0.934. The number of aryl methyl sites for hydroxylation is 1. The number of rotatable bonds is 4. The standard InChI is InChI=1S/C10H10BF4O/c1-7-3-4-9(5-10(7)12)16-6-8(2)11(13,14)15/h3-5H,2,6H2,1H3/q-1. The van der Waals surface area contributed by atoms with Gasteiger partial charge in [-0.05, 0) is 18.6 Å². The second kappa shape index (κ2) is 4.59. The van der Waals surface area contributed by atoms with E-state index in [1.165, 1.54) is 12.1 Å². The van der Waals surface area contributed by atoms with Crippen molar-refractivity contribution in [2.45, 2.75) is 6.92 Å². The van der Waals surface area contributed by atoms with Crippen molar-refractivity contribution >= 4 is 6.98 Å². The highest BCUT2D eigenvalue weighted by molar-refractivity contribution is 6.66. The van der Waals surface area contributed by atoms with E-state index in [9.17, 15) is 17.3 Å². The van der Waals surface area contributed by atoms with E-state index in [2.05, 4.69) is 6.58 Å². The zero-order valence-electron chi connectivity index (χ0n) is 8.64. The van der Waals surface area contributed by atoms with Gasteiger partial charge in [0.05, 0.1) is 6.61 Å². The Labute approximate surface area is 90.8 Å². The van der Waals surface area contributed by atoms with E-state index in [-0.39, 0.29) is 5.75 Å². The number of ether oxygens (including phenoxy) is 1. The minimum atomic E-state index is -5.10. The van der Waals surface area contributed by atoms with Crippen molar-refractivity contribution in [1.82, 2.24) is 0 Å². The zero-order valence-corrected chi connectivity index (χ0v) is 8.64. The molecule has 0 spiro atoms. The van der Waals surface area contributed by atoms with Gasteiger partial charge in [-0.25, -0.2) is 4.39 Å². The molecule has 0 amide bonds. The van der Waals surface area contributed by atoms with Crippen LogP contribution in [0.15, 0.2) is 30.3 Å². The molecule has 1 aromatic carbocycles. The van der Waals surface area contributed by atoms with E-state index in [1.807, 2.05) is 0 Å². The number of hydrogen-bond acceptors (Lipinski definition) is 1. The van der Waals surface area contributed by atoms with Crippen LogP contribution in [0, 0.1) is 12.7 Å². The van der Waals surface area contributed by atoms with Gasteiger partial charge in [-0.1, -0.05) is 6.07 Å². The topological polar surface area (TPSA) is 9.23 Å². The first kappa shape index (κ1) is 12.6. The van der Waals surface area contributed by atoms with Crippen LogP contribution in [-0.2, 0) is 0 Å². The molecule has 0 N–H and O–H groups in total. The molecule has 0 heterocycles. The van der Waals surface area contributed by atoms with Crippen molar-refractivity contribution in [1.29, 1.82) is 0 Å². The van der Waals surface area contributed by atoms with Crippen molar-refractivity contribution < 1.29 is 22.1 Å². The van der Waals surface area contributed by atoms with Gasteiger partial charge in [0, 0.05) is 6.07 Å². The summed E-state index contributed by atoms with van der Waals surface area (Å²) in [5, 5.41) is 0. The maximum absolute atomic E-state index is 13.0. The predicted octanol–water partition coefficient (Wildman–Crippen LogP) is 3.46. The van der Waals surface area contributed by atoms with Crippen LogP contribution in [0.25, 0.3) is 0 Å². The fraction of sp³-hybridized carbons (Fsp3) is 0.200. The van der Waals surface area contributed by atoms with E-state index in [1.54, 1.807) is 6.92 Å². The van der Waals surface area contributed by atoms with Gasteiger partial charge in [-0.2, -0.15) is 0 Å². The summed E-state index contributed by atoms with van der Waals surface area (Å²) in [6.45, 7) is -1.36. The van der Waals surface area contributed by atoms with Crippen LogP contribution in [0.4, 0.5) is 17.3 Å². The normalized spacial score (nSPS) is 11.3. The van der Waals surface area contributed by atoms with Gasteiger partial charge in [-0.3, -0.25) is 0 Å². The highest BCUT2D eigenvalue weighted by Crippen LogP contribution is 2.21. The number of halogens is 4. The van der Waals surface area contributed by atoms with Gasteiger partial charge in [0.2, 0.25) is 0 Å². The van der Waals surface area contributed by atoms with E-state index >= 15 is 0 Å². The molecule has 0 unspecified atom stereocenters. The molecule has 0 aliphatic carbocycles. The molecule has 88 valence electrons. The van der Waals surface area contributed by atoms with Gasteiger partial charge in [0.25, 0.3) is 0 Å². The molecule has 0 atom stereocenters. The van der Waals surface area contributed by atoms with Gasteiger partial charge < -0.3 is 17.7 Å². The molecule has 1 nitrogen and oxygen atoms in total. The molecule has 0 bridgehead atoms. The fourth-order valence-electron chi connectivity index (χ4n) is 0.934. The summed E-state index contributed by atoms with van der Waals surface area (Å²) in [6.07, 6.45) is 0. The van der Waals surface area contributed by atoms with E-state index < -0.39 is 24.9 Å². The smallest absolute Gasteiger partial charge is 0.492 e. The van der Waals surface area contributed by atoms with Gasteiger partial charge in [-0.15, -0.1) is 12.1 Å². The minimum Gasteiger partial charge on any atom is -0.492 e. The maximum atomic E-state index is 13.0. The third kappa shape index (κ3) is 3.29. The average molecular weight is 233 g/mol. The lowest BCUT2D eigenvalue weighted by atomic mass is 9.81. The Balaban J connectivity index is 2.62. The summed E-state index contributed by atoms with van der Waals surface area (Å²) in [4.78, 5) is 0. The third-order valence-electron chi connectivity index (χ3n) is 2.03. The summed E-state index contributed by atoms with van der Waals surface area (Å²) < 4.78 is 54.1. The largest absolute Gasteiger partial charge is 0.508 e. The third-order valence-corrected chi connectivity index (χ3v) is 2.03. The minimum absolute atomic E-state index is 0.0595. The van der Waals surface area contributed by atoms with Crippen molar-refractivity contribution in [3.63, 3.8) is 0 Å². The van der Waals surface area contributed by atoms with Crippen LogP contribution in [0.1, 0.15) is 5.56 Å². The Morgan fingerprint density at radius 3 is 2.50 bits per heavy atom. The first-order valence-electron chi connectivity index (χ1n) is 4.57. The Hall–Kier alpha value is -1.46. The van der Waals surface area contributed by atoms with E-state index in [4.69, 9.17) is 4.74 Å². The maximum Gasteiger partial charge on any atom is 0.508 e. The lowest BCUT2D eigenvalue weighted by Gasteiger charge is -2.18. The van der Waals surface area contributed by atoms with Gasteiger partial charge >= 0.3 is 6.98 Å². The van der Waals surface area contributed by atoms with Gasteiger partial charge in [0.1, 0.15) is 11.6 Å². The molecule has 0 aliphatic rings. The summed E-state index contributed by atoms with van der Waals surface area (Å²) in [5.41, 5.74) is -0.535. The highest BCUT2D eigenvalue weighted by atomic mass is 19.4. The van der Waals surface area contributed by atoms with Crippen molar-refractivity contribution in [3.05, 3.63) is 41.6 Å². The van der Waals surface area contributed by atoms with Crippen LogP contribution < -0.4 is 4.74 Å². The molecule has 0 fully saturated rings. The van der Waals surface area contributed by atoms with Crippen molar-refractivity contribution in [2.24, 2.45) is 0 Å². The Morgan fingerprint density at radius 2 is 2.00 bits per heavy atom. The number of hydrogen-bond donors (Lipinski definition) is 0. The SMILES string of the molecule is C=C(COc1ccc(C)c(F)c1)[B-](F)(F)F. The molecule has 16 heavy (non-hydrogen) atoms. The van der Waals surface area contributed by atoms with E-state index in [0.29, 0.717) is 5.56 Å². The molecule has 0 saturated heterocycles. The summed E-state index contributed by atoms with van der Waals surface area (Å²) >= 11 is 0. The molecule has 0 aliphatic heterocycles. The molecular weight excluding hydrogens is 223 g/mol. The first-order chi connectivity index (χ1) is 7.30. The summed E-state index contributed by atoms with van der Waals surface area (Å²) in [7, 11) is 0. The average Bonchev–Trinajstić information content (AvgIpc) is 2.18. The Kier molecular flexibility index (Phi) is 3.62. The Morgan fingerprint density at radius 1 is 1.38 bits per heavy atom. The molecule has 1 rings (SSSR count). The van der Waals surface area contributed by atoms with Crippen LogP contribution in [0.3, 0.4) is 0 Å². The van der Waals surface area contributed by atoms with Gasteiger partial charge in [0.15, 0.2) is 0 Å². The predicted molar refractivity (Wildman–Crippen MR) is 54.9 cm³/mol. The Bertz CT molecular complexity index is 400. The van der Waals surface area contributed by atoms with E-state index in [0.717, 1.165) is 6.07 Å². The van der Waals surface area contributed by atoms with Crippen molar-refractivity contribution in [2.75, 3.05) is 6.61 Å². The van der Waals surface area contributed by atoms with Crippen LogP contribution >= 0.6 is 0 Å². The highest BCUT2D eigenvalue weighted by Gasteiger charge is 2.26. The quantitative estimate of drug-likeness (QED) is 0.571. The molecule has 1 aromatic rings. The second-order valence-electron chi connectivity index (χ2n) is 3.43. The second-order valence-corrected chi connectivity index (χ2v) is 3.43. The number of benzene rings is 1. The van der Waals surface area contributed by atoms with Crippen LogP contribution in [0.2, 0.25) is 0 Å². The summed E-state index contributed by atoms with van der Waals surface area (Å²) in [5.74, 6) is -0.454. The van der Waals surface area contributed by atoms with Crippen LogP contribution in [0.5, 0.6) is 5.75 Å². The molecule has 0 aromatic heterocycles.